The highest BCUT2D eigenvalue weighted by atomic mass is 32.1. The van der Waals surface area contributed by atoms with Gasteiger partial charge in [-0.2, -0.15) is 5.10 Å². The molecule has 0 saturated carbocycles. The van der Waals surface area contributed by atoms with Gasteiger partial charge in [0.15, 0.2) is 5.13 Å². The summed E-state index contributed by atoms with van der Waals surface area (Å²) in [5.41, 5.74) is 1.30. The third kappa shape index (κ3) is 3.97. The number of nitro benzene ring substituents is 1. The minimum atomic E-state index is -0.488. The lowest BCUT2D eigenvalue weighted by Gasteiger charge is -2.05. The molecule has 0 saturated heterocycles. The standard InChI is InChI=1S/C16H18N6O3S/c1-2-3-4-13-15(21-10-17-9-19-21)26-16(20-13)18-8-11-7-12(22(24)25)5-6-14(11)23/h5-7,9-10,23H,2-4,8H2,1H3,(H,18,20). The molecule has 9 nitrogen and oxygen atoms in total. The second-order valence-corrected chi connectivity index (χ2v) is 6.62. The highest BCUT2D eigenvalue weighted by Gasteiger charge is 2.15. The second kappa shape index (κ2) is 7.91. The van der Waals surface area contributed by atoms with Gasteiger partial charge >= 0.3 is 0 Å². The van der Waals surface area contributed by atoms with E-state index in [2.05, 4.69) is 27.3 Å². The van der Waals surface area contributed by atoms with E-state index in [1.54, 1.807) is 11.0 Å². The van der Waals surface area contributed by atoms with Crippen molar-refractivity contribution in [1.82, 2.24) is 19.7 Å². The van der Waals surface area contributed by atoms with Crippen LogP contribution in [0.2, 0.25) is 0 Å². The van der Waals surface area contributed by atoms with E-state index in [1.807, 2.05) is 0 Å². The Labute approximate surface area is 153 Å². The Kier molecular flexibility index (Phi) is 5.42. The Morgan fingerprint density at radius 1 is 1.42 bits per heavy atom. The lowest BCUT2D eigenvalue weighted by atomic mass is 10.2. The molecule has 10 heteroatoms. The second-order valence-electron chi connectivity index (χ2n) is 5.64. The summed E-state index contributed by atoms with van der Waals surface area (Å²) in [5, 5.41) is 29.7. The van der Waals surface area contributed by atoms with Gasteiger partial charge in [-0.15, -0.1) is 0 Å². The molecule has 0 unspecified atom stereocenters. The van der Waals surface area contributed by atoms with Crippen LogP contribution in [0.4, 0.5) is 10.8 Å². The molecule has 0 aliphatic carbocycles. The van der Waals surface area contributed by atoms with Crippen LogP contribution in [0.5, 0.6) is 5.75 Å². The molecule has 2 aromatic heterocycles. The fourth-order valence-electron chi connectivity index (χ4n) is 2.42. The summed E-state index contributed by atoms with van der Waals surface area (Å²) in [6.07, 6.45) is 5.98. The Hall–Kier alpha value is -3.01. The van der Waals surface area contributed by atoms with Gasteiger partial charge in [0.1, 0.15) is 23.4 Å². The number of thiazole rings is 1. The fourth-order valence-corrected chi connectivity index (χ4v) is 3.35. The summed E-state index contributed by atoms with van der Waals surface area (Å²) in [5.74, 6) is 0.00219. The largest absolute Gasteiger partial charge is 0.508 e. The number of nitro groups is 1. The molecule has 0 bridgehead atoms. The van der Waals surface area contributed by atoms with Gasteiger partial charge in [0, 0.05) is 24.2 Å². The van der Waals surface area contributed by atoms with Crippen molar-refractivity contribution in [2.24, 2.45) is 0 Å². The van der Waals surface area contributed by atoms with Crippen LogP contribution in [0, 0.1) is 10.1 Å². The van der Waals surface area contributed by atoms with Crippen LogP contribution in [0.3, 0.4) is 0 Å². The van der Waals surface area contributed by atoms with Crippen molar-refractivity contribution in [3.05, 3.63) is 52.2 Å². The fraction of sp³-hybridized carbons (Fsp3) is 0.312. The van der Waals surface area contributed by atoms with E-state index in [1.165, 1.54) is 35.9 Å². The van der Waals surface area contributed by atoms with Crippen LogP contribution in [-0.4, -0.2) is 29.8 Å². The first kappa shape index (κ1) is 17.8. The number of rotatable bonds is 8. The Bertz CT molecular complexity index is 894. The normalized spacial score (nSPS) is 10.8. The first-order valence-electron chi connectivity index (χ1n) is 8.13. The van der Waals surface area contributed by atoms with Gasteiger partial charge in [-0.1, -0.05) is 24.7 Å². The van der Waals surface area contributed by atoms with E-state index in [-0.39, 0.29) is 18.0 Å². The van der Waals surface area contributed by atoms with E-state index in [4.69, 9.17) is 0 Å². The van der Waals surface area contributed by atoms with Gasteiger partial charge in [-0.25, -0.2) is 14.6 Å². The molecule has 3 rings (SSSR count). The molecule has 0 amide bonds. The third-order valence-electron chi connectivity index (χ3n) is 3.77. The summed E-state index contributed by atoms with van der Waals surface area (Å²) in [4.78, 5) is 19.0. The van der Waals surface area contributed by atoms with E-state index in [0.29, 0.717) is 10.7 Å². The maximum absolute atomic E-state index is 10.9. The van der Waals surface area contributed by atoms with Crippen LogP contribution in [0.15, 0.2) is 30.9 Å². The van der Waals surface area contributed by atoms with Gasteiger partial charge in [0.05, 0.1) is 10.6 Å². The molecule has 1 aromatic carbocycles. The van der Waals surface area contributed by atoms with Crippen molar-refractivity contribution in [3.8, 4) is 10.8 Å². The summed E-state index contributed by atoms with van der Waals surface area (Å²) in [6, 6.07) is 3.95. The molecule has 3 aromatic rings. The average Bonchev–Trinajstić information content (AvgIpc) is 3.28. The van der Waals surface area contributed by atoms with Gasteiger partial charge in [0.25, 0.3) is 5.69 Å². The number of phenolic OH excluding ortho intramolecular Hbond substituents is 1. The van der Waals surface area contributed by atoms with Crippen LogP contribution in [0.1, 0.15) is 31.0 Å². The molecular weight excluding hydrogens is 356 g/mol. The van der Waals surface area contributed by atoms with Gasteiger partial charge in [-0.05, 0) is 18.9 Å². The predicted molar refractivity (Wildman–Crippen MR) is 97.7 cm³/mol. The minimum absolute atomic E-state index is 0.00219. The van der Waals surface area contributed by atoms with Crippen molar-refractivity contribution >= 4 is 22.2 Å². The highest BCUT2D eigenvalue weighted by Crippen LogP contribution is 2.29. The highest BCUT2D eigenvalue weighted by molar-refractivity contribution is 7.18. The van der Waals surface area contributed by atoms with Crippen LogP contribution < -0.4 is 5.32 Å². The lowest BCUT2D eigenvalue weighted by molar-refractivity contribution is -0.384. The van der Waals surface area contributed by atoms with E-state index < -0.39 is 4.92 Å². The number of hydrogen-bond acceptors (Lipinski definition) is 8. The third-order valence-corrected chi connectivity index (χ3v) is 4.82. The summed E-state index contributed by atoms with van der Waals surface area (Å²) < 4.78 is 1.68. The molecule has 0 aliphatic heterocycles. The van der Waals surface area contributed by atoms with Gasteiger partial charge < -0.3 is 10.4 Å². The molecule has 136 valence electrons. The number of anilines is 1. The lowest BCUT2D eigenvalue weighted by Crippen LogP contribution is -2.01. The minimum Gasteiger partial charge on any atom is -0.508 e. The maximum atomic E-state index is 10.9. The molecule has 2 N–H and O–H groups in total. The van der Waals surface area contributed by atoms with Crippen molar-refractivity contribution in [2.45, 2.75) is 32.7 Å². The number of nitrogens with one attached hydrogen (secondary N) is 1. The SMILES string of the molecule is CCCCc1nc(NCc2cc([N+](=O)[O-])ccc2O)sc1-n1cncn1. The average molecular weight is 374 g/mol. The molecule has 2 heterocycles. The Morgan fingerprint density at radius 2 is 2.27 bits per heavy atom. The topological polar surface area (TPSA) is 119 Å². The smallest absolute Gasteiger partial charge is 0.270 e. The zero-order valence-corrected chi connectivity index (χ0v) is 14.9. The number of benzene rings is 1. The number of aromatic nitrogens is 4. The predicted octanol–water partition coefficient (Wildman–Crippen LogP) is 3.29. The number of unbranched alkanes of at least 4 members (excludes halogenated alkanes) is 1. The van der Waals surface area contributed by atoms with E-state index in [9.17, 15) is 15.2 Å². The van der Waals surface area contributed by atoms with Gasteiger partial charge in [-0.3, -0.25) is 10.1 Å². The molecule has 0 spiro atoms. The first-order valence-corrected chi connectivity index (χ1v) is 8.95. The summed E-state index contributed by atoms with van der Waals surface area (Å²) >= 11 is 1.43. The molecule has 0 aliphatic rings. The number of nitrogens with zero attached hydrogens (tertiary/aromatic N) is 5. The van der Waals surface area contributed by atoms with Crippen molar-refractivity contribution in [3.63, 3.8) is 0 Å². The van der Waals surface area contributed by atoms with Crippen molar-refractivity contribution < 1.29 is 10.0 Å². The number of non-ortho nitro benzene ring substituents is 1. The van der Waals surface area contributed by atoms with Crippen LogP contribution in [0.25, 0.3) is 5.00 Å². The van der Waals surface area contributed by atoms with Crippen LogP contribution >= 0.6 is 11.3 Å². The molecule has 0 atom stereocenters. The number of phenols is 1. The number of aromatic hydroxyl groups is 1. The maximum Gasteiger partial charge on any atom is 0.270 e. The number of aryl methyl sites for hydroxylation is 1. The Morgan fingerprint density at radius 3 is 2.96 bits per heavy atom. The van der Waals surface area contributed by atoms with Gasteiger partial charge in [0.2, 0.25) is 0 Å². The molecule has 0 radical (unpaired) electrons. The zero-order chi connectivity index (χ0) is 18.5. The number of hydrogen-bond donors (Lipinski definition) is 2. The van der Waals surface area contributed by atoms with Crippen molar-refractivity contribution in [1.29, 1.82) is 0 Å². The first-order chi connectivity index (χ1) is 12.6. The van der Waals surface area contributed by atoms with Crippen LogP contribution in [-0.2, 0) is 13.0 Å². The molecular formula is C16H18N6O3S. The van der Waals surface area contributed by atoms with E-state index >= 15 is 0 Å². The summed E-state index contributed by atoms with van der Waals surface area (Å²) in [6.45, 7) is 2.34. The van der Waals surface area contributed by atoms with E-state index in [0.717, 1.165) is 30.0 Å². The zero-order valence-electron chi connectivity index (χ0n) is 14.1. The Balaban J connectivity index is 1.80. The molecule has 0 fully saturated rings. The quantitative estimate of drug-likeness (QED) is 0.458. The molecule has 26 heavy (non-hydrogen) atoms. The van der Waals surface area contributed by atoms with Crippen molar-refractivity contribution in [2.75, 3.05) is 5.32 Å². The monoisotopic (exact) mass is 374 g/mol. The summed E-state index contributed by atoms with van der Waals surface area (Å²) in [7, 11) is 0.